The van der Waals surface area contributed by atoms with Crippen molar-refractivity contribution >= 4 is 11.8 Å². The minimum Gasteiger partial charge on any atom is -0.491 e. The number of carbonyl (C=O) groups is 2. The summed E-state index contributed by atoms with van der Waals surface area (Å²) in [5.41, 5.74) is 0.615. The van der Waals surface area contributed by atoms with E-state index in [1.54, 1.807) is 4.57 Å². The minimum absolute atomic E-state index is 0.00781. The van der Waals surface area contributed by atoms with E-state index in [4.69, 9.17) is 4.74 Å². The predicted octanol–water partition coefficient (Wildman–Crippen LogP) is 1.44. The van der Waals surface area contributed by atoms with Crippen LogP contribution >= 0.6 is 0 Å². The molecule has 0 bridgehead atoms. The fraction of sp³-hybridized carbons (Fsp3) is 0.435. The molecule has 1 N–H and O–H groups in total. The van der Waals surface area contributed by atoms with Crippen molar-refractivity contribution < 1.29 is 14.3 Å². The fourth-order valence-corrected chi connectivity index (χ4v) is 5.16. The van der Waals surface area contributed by atoms with Gasteiger partial charge in [-0.25, -0.2) is 0 Å². The van der Waals surface area contributed by atoms with Crippen LogP contribution in [0.5, 0.6) is 5.75 Å². The molecule has 2 aromatic rings. The molecular formula is C23H26N4O4. The van der Waals surface area contributed by atoms with Crippen LogP contribution in [0, 0.1) is 0 Å². The summed E-state index contributed by atoms with van der Waals surface area (Å²) in [7, 11) is 1.37. The van der Waals surface area contributed by atoms with Crippen molar-refractivity contribution in [3.63, 3.8) is 0 Å². The van der Waals surface area contributed by atoms with Gasteiger partial charge >= 0.3 is 0 Å². The number of nitrogens with one attached hydrogen (secondary N) is 1. The molecule has 8 nitrogen and oxygen atoms in total. The Kier molecular flexibility index (Phi) is 5.02. The van der Waals surface area contributed by atoms with Gasteiger partial charge < -0.3 is 19.5 Å². The van der Waals surface area contributed by atoms with Crippen molar-refractivity contribution in [2.24, 2.45) is 0 Å². The van der Waals surface area contributed by atoms with Gasteiger partial charge in [-0.3, -0.25) is 19.3 Å². The summed E-state index contributed by atoms with van der Waals surface area (Å²) in [5.74, 6) is -0.730. The molecule has 0 unspecified atom stereocenters. The van der Waals surface area contributed by atoms with Crippen LogP contribution in [0.2, 0.25) is 0 Å². The lowest BCUT2D eigenvalue weighted by Crippen LogP contribution is -2.62. The van der Waals surface area contributed by atoms with Gasteiger partial charge in [0, 0.05) is 31.9 Å². The van der Waals surface area contributed by atoms with E-state index in [0.717, 1.165) is 31.4 Å². The molecular weight excluding hydrogens is 396 g/mol. The predicted molar refractivity (Wildman–Crippen MR) is 114 cm³/mol. The molecule has 2 fully saturated rings. The quantitative estimate of drug-likeness (QED) is 0.806. The Labute approximate surface area is 180 Å². The van der Waals surface area contributed by atoms with Crippen molar-refractivity contribution in [1.82, 2.24) is 19.7 Å². The van der Waals surface area contributed by atoms with Crippen LogP contribution < -0.4 is 15.5 Å². The van der Waals surface area contributed by atoms with Crippen LogP contribution in [0.1, 0.15) is 45.7 Å². The smallest absolute Gasteiger partial charge is 0.275 e. The highest BCUT2D eigenvalue weighted by Gasteiger charge is 2.45. The fourth-order valence-electron chi connectivity index (χ4n) is 5.16. The molecule has 4 heterocycles. The standard InChI is InChI=1S/C23H26N4O4/c1-31-21-19-23(30)27-11-9-16-8-5-10-26(16)18(27)14-25(19)13-17(20(21)28)22(29)24-12-15-6-3-2-4-7-15/h2-4,6-7,13,16,18H,5,8-12,14H2,1H3,(H,24,29)/t16-,18-/m0/s1. The monoisotopic (exact) mass is 422 g/mol. The summed E-state index contributed by atoms with van der Waals surface area (Å²) in [6.07, 6.45) is 4.72. The van der Waals surface area contributed by atoms with Gasteiger partial charge in [0.15, 0.2) is 11.4 Å². The number of aromatic nitrogens is 1. The Morgan fingerprint density at radius 2 is 1.97 bits per heavy atom. The number of hydrogen-bond donors (Lipinski definition) is 1. The second-order valence-electron chi connectivity index (χ2n) is 8.38. The molecule has 2 atom stereocenters. The zero-order valence-electron chi connectivity index (χ0n) is 17.5. The molecule has 3 aliphatic heterocycles. The maximum atomic E-state index is 13.3. The van der Waals surface area contributed by atoms with Gasteiger partial charge in [0.05, 0.1) is 13.7 Å². The van der Waals surface area contributed by atoms with Gasteiger partial charge in [-0.1, -0.05) is 30.3 Å². The van der Waals surface area contributed by atoms with Crippen LogP contribution in [0.4, 0.5) is 0 Å². The molecule has 2 saturated heterocycles. The summed E-state index contributed by atoms with van der Waals surface area (Å²) < 4.78 is 7.10. The topological polar surface area (TPSA) is 83.9 Å². The molecule has 0 radical (unpaired) electrons. The first-order chi connectivity index (χ1) is 15.1. The van der Waals surface area contributed by atoms with Crippen LogP contribution in [0.15, 0.2) is 41.3 Å². The van der Waals surface area contributed by atoms with Gasteiger partial charge in [-0.2, -0.15) is 0 Å². The van der Waals surface area contributed by atoms with Crippen molar-refractivity contribution in [2.75, 3.05) is 20.2 Å². The molecule has 5 rings (SSSR count). The Morgan fingerprint density at radius 3 is 2.74 bits per heavy atom. The van der Waals surface area contributed by atoms with Crippen molar-refractivity contribution in [3.8, 4) is 5.75 Å². The van der Waals surface area contributed by atoms with Crippen LogP contribution in [-0.2, 0) is 13.1 Å². The SMILES string of the molecule is COc1c2n(cc(C(=O)NCc3ccccc3)c1=O)C[C@@H]1N(CC[C@@H]3CCCN31)C2=O. The van der Waals surface area contributed by atoms with E-state index in [1.165, 1.54) is 13.3 Å². The summed E-state index contributed by atoms with van der Waals surface area (Å²) in [6, 6.07) is 10.0. The summed E-state index contributed by atoms with van der Waals surface area (Å²) >= 11 is 0. The van der Waals surface area contributed by atoms with E-state index in [9.17, 15) is 14.4 Å². The molecule has 162 valence electrons. The highest BCUT2D eigenvalue weighted by Crippen LogP contribution is 2.34. The largest absolute Gasteiger partial charge is 0.491 e. The van der Waals surface area contributed by atoms with Gasteiger partial charge in [0.2, 0.25) is 5.43 Å². The van der Waals surface area contributed by atoms with E-state index in [1.807, 2.05) is 35.2 Å². The lowest BCUT2D eigenvalue weighted by Gasteiger charge is -2.48. The van der Waals surface area contributed by atoms with E-state index >= 15 is 0 Å². The van der Waals surface area contributed by atoms with E-state index < -0.39 is 11.3 Å². The molecule has 1 aromatic carbocycles. The summed E-state index contributed by atoms with van der Waals surface area (Å²) in [4.78, 5) is 43.5. The molecule has 8 heteroatoms. The van der Waals surface area contributed by atoms with Gasteiger partial charge in [-0.05, 0) is 24.8 Å². The van der Waals surface area contributed by atoms with Crippen molar-refractivity contribution in [1.29, 1.82) is 0 Å². The number of amides is 2. The highest BCUT2D eigenvalue weighted by atomic mass is 16.5. The number of pyridine rings is 1. The van der Waals surface area contributed by atoms with Crippen molar-refractivity contribution in [2.45, 2.75) is 44.6 Å². The molecule has 0 spiro atoms. The summed E-state index contributed by atoms with van der Waals surface area (Å²) in [6.45, 7) is 2.48. The number of benzene rings is 1. The lowest BCUT2D eigenvalue weighted by molar-refractivity contribution is -0.0211. The number of nitrogens with zero attached hydrogens (tertiary/aromatic N) is 3. The maximum Gasteiger partial charge on any atom is 0.275 e. The minimum atomic E-state index is -0.554. The van der Waals surface area contributed by atoms with Gasteiger partial charge in [-0.15, -0.1) is 0 Å². The Bertz CT molecular complexity index is 1080. The number of ether oxygens (including phenoxy) is 1. The molecule has 0 aliphatic carbocycles. The zero-order valence-corrected chi connectivity index (χ0v) is 17.5. The molecule has 0 saturated carbocycles. The third kappa shape index (κ3) is 3.31. The molecule has 2 amide bonds. The van der Waals surface area contributed by atoms with Crippen LogP contribution in [-0.4, -0.2) is 58.6 Å². The number of carbonyl (C=O) groups excluding carboxylic acids is 2. The van der Waals surface area contributed by atoms with Crippen molar-refractivity contribution in [3.05, 3.63) is 63.6 Å². The first kappa shape index (κ1) is 19.8. The van der Waals surface area contributed by atoms with Crippen LogP contribution in [0.3, 0.4) is 0 Å². The average Bonchev–Trinajstić information content (AvgIpc) is 3.28. The van der Waals surface area contributed by atoms with E-state index in [-0.39, 0.29) is 29.1 Å². The molecule has 1 aromatic heterocycles. The third-order valence-corrected chi connectivity index (χ3v) is 6.67. The second-order valence-corrected chi connectivity index (χ2v) is 8.38. The van der Waals surface area contributed by atoms with Crippen LogP contribution in [0.25, 0.3) is 0 Å². The summed E-state index contributed by atoms with van der Waals surface area (Å²) in [5, 5.41) is 2.81. The Hall–Kier alpha value is -3.13. The first-order valence-corrected chi connectivity index (χ1v) is 10.8. The molecule has 3 aliphatic rings. The highest BCUT2D eigenvalue weighted by molar-refractivity contribution is 5.99. The zero-order chi connectivity index (χ0) is 21.5. The normalized spacial score (nSPS) is 22.5. The Morgan fingerprint density at radius 1 is 1.16 bits per heavy atom. The number of fused-ring (bicyclic) bond motifs is 4. The third-order valence-electron chi connectivity index (χ3n) is 6.67. The number of rotatable bonds is 4. The lowest BCUT2D eigenvalue weighted by atomic mass is 10.0. The number of methoxy groups -OCH3 is 1. The average molecular weight is 422 g/mol. The Balaban J connectivity index is 1.48. The first-order valence-electron chi connectivity index (χ1n) is 10.8. The van der Waals surface area contributed by atoms with Gasteiger partial charge in [0.25, 0.3) is 11.8 Å². The van der Waals surface area contributed by atoms with Gasteiger partial charge in [0.1, 0.15) is 11.7 Å². The molecule has 31 heavy (non-hydrogen) atoms. The second kappa shape index (κ2) is 7.85. The maximum absolute atomic E-state index is 13.3. The van der Waals surface area contributed by atoms with E-state index in [2.05, 4.69) is 10.2 Å². The van der Waals surface area contributed by atoms with E-state index in [0.29, 0.717) is 25.7 Å². The number of hydrogen-bond acceptors (Lipinski definition) is 5.